The number of aromatic nitrogens is 5. The van der Waals surface area contributed by atoms with Crippen molar-refractivity contribution in [2.24, 2.45) is 0 Å². The SMILES string of the molecule is CCNC(=O)Nc1cc(-c2nc(-c3ccccc3)cs2)c(-c2cc(-c3nnc(C)o3)nc(N3CCOCC3)c2)cn1. The van der Waals surface area contributed by atoms with Crippen molar-refractivity contribution in [3.63, 3.8) is 0 Å². The number of hydrogen-bond acceptors (Lipinski definition) is 10. The molecule has 11 nitrogen and oxygen atoms in total. The molecule has 1 aliphatic rings. The van der Waals surface area contributed by atoms with Gasteiger partial charge in [0.25, 0.3) is 5.89 Å². The van der Waals surface area contributed by atoms with E-state index in [1.807, 2.05) is 60.8 Å². The molecule has 1 saturated heterocycles. The average Bonchev–Trinajstić information content (AvgIpc) is 3.68. The molecule has 1 fully saturated rings. The monoisotopic (exact) mass is 568 g/mol. The molecular formula is C29H28N8O3S. The van der Waals surface area contributed by atoms with Gasteiger partial charge in [0.15, 0.2) is 0 Å². The van der Waals surface area contributed by atoms with Gasteiger partial charge in [0.05, 0.1) is 18.9 Å². The zero-order valence-electron chi connectivity index (χ0n) is 22.6. The molecule has 0 bridgehead atoms. The standard InChI is InChI=1S/C29H28N8O3S/c1-3-30-29(38)34-25-15-21(28-33-24(17-41-28)19-7-5-4-6-8-19)22(16-31-25)20-13-23(27-36-35-18(2)40-27)32-26(14-20)37-9-11-39-12-10-37/h4-8,13-17H,3,9-12H2,1-2H3,(H2,30,31,34,38). The van der Waals surface area contributed by atoms with Crippen LogP contribution < -0.4 is 15.5 Å². The first-order valence-electron chi connectivity index (χ1n) is 13.3. The number of nitrogens with zero attached hydrogens (tertiary/aromatic N) is 6. The number of ether oxygens (including phenoxy) is 1. The first-order valence-corrected chi connectivity index (χ1v) is 14.2. The Morgan fingerprint density at radius 1 is 1.00 bits per heavy atom. The molecular weight excluding hydrogens is 540 g/mol. The summed E-state index contributed by atoms with van der Waals surface area (Å²) in [5.74, 6) is 1.99. The lowest BCUT2D eigenvalue weighted by Gasteiger charge is -2.28. The van der Waals surface area contributed by atoms with Gasteiger partial charge in [0.1, 0.15) is 22.3 Å². The van der Waals surface area contributed by atoms with Crippen molar-refractivity contribution in [2.45, 2.75) is 13.8 Å². The number of carbonyl (C=O) groups is 1. The van der Waals surface area contributed by atoms with Crippen molar-refractivity contribution in [2.75, 3.05) is 43.1 Å². The number of nitrogens with one attached hydrogen (secondary N) is 2. The summed E-state index contributed by atoms with van der Waals surface area (Å²) in [5, 5.41) is 16.6. The number of hydrogen-bond donors (Lipinski definition) is 2. The summed E-state index contributed by atoms with van der Waals surface area (Å²) < 4.78 is 11.3. The van der Waals surface area contributed by atoms with Crippen LogP contribution in [0.1, 0.15) is 12.8 Å². The predicted octanol–water partition coefficient (Wildman–Crippen LogP) is 5.27. The number of pyridine rings is 2. The van der Waals surface area contributed by atoms with E-state index in [0.29, 0.717) is 56.1 Å². The number of thiazole rings is 1. The molecule has 1 aliphatic heterocycles. The number of amides is 2. The van der Waals surface area contributed by atoms with Crippen LogP contribution in [-0.2, 0) is 4.74 Å². The van der Waals surface area contributed by atoms with E-state index < -0.39 is 0 Å². The fourth-order valence-corrected chi connectivity index (χ4v) is 5.39. The molecule has 2 amide bonds. The van der Waals surface area contributed by atoms with Gasteiger partial charge < -0.3 is 19.4 Å². The Balaban J connectivity index is 1.48. The van der Waals surface area contributed by atoms with E-state index in [0.717, 1.165) is 38.8 Å². The molecule has 6 rings (SSSR count). The number of rotatable bonds is 7. The van der Waals surface area contributed by atoms with Gasteiger partial charge in [0, 0.05) is 54.8 Å². The fourth-order valence-electron chi connectivity index (χ4n) is 4.53. The van der Waals surface area contributed by atoms with E-state index in [4.69, 9.17) is 19.1 Å². The molecule has 0 atom stereocenters. The number of anilines is 2. The Morgan fingerprint density at radius 2 is 1.83 bits per heavy atom. The summed E-state index contributed by atoms with van der Waals surface area (Å²) in [7, 11) is 0. The minimum Gasteiger partial charge on any atom is -0.420 e. The van der Waals surface area contributed by atoms with Gasteiger partial charge in [-0.3, -0.25) is 5.32 Å². The van der Waals surface area contributed by atoms with E-state index in [9.17, 15) is 4.79 Å². The minimum atomic E-state index is -0.324. The molecule has 0 saturated carbocycles. The average molecular weight is 569 g/mol. The first kappa shape index (κ1) is 26.5. The maximum Gasteiger partial charge on any atom is 0.320 e. The third-order valence-electron chi connectivity index (χ3n) is 6.49. The van der Waals surface area contributed by atoms with Gasteiger partial charge in [-0.2, -0.15) is 0 Å². The Labute approximate surface area is 240 Å². The second-order valence-electron chi connectivity index (χ2n) is 9.33. The molecule has 5 aromatic rings. The van der Waals surface area contributed by atoms with Crippen molar-refractivity contribution < 1.29 is 13.9 Å². The predicted molar refractivity (Wildman–Crippen MR) is 158 cm³/mol. The van der Waals surface area contributed by atoms with Crippen LogP contribution in [0.15, 0.2) is 64.5 Å². The molecule has 1 aromatic carbocycles. The number of aryl methyl sites for hydroxylation is 1. The van der Waals surface area contributed by atoms with Gasteiger partial charge in [-0.05, 0) is 30.7 Å². The van der Waals surface area contributed by atoms with Gasteiger partial charge in [0.2, 0.25) is 5.89 Å². The highest BCUT2D eigenvalue weighted by atomic mass is 32.1. The molecule has 0 spiro atoms. The molecule has 12 heteroatoms. The van der Waals surface area contributed by atoms with Crippen molar-refractivity contribution in [3.8, 4) is 44.5 Å². The molecule has 4 aromatic heterocycles. The molecule has 0 unspecified atom stereocenters. The second kappa shape index (κ2) is 11.8. The van der Waals surface area contributed by atoms with Gasteiger partial charge >= 0.3 is 6.03 Å². The molecule has 0 aliphatic carbocycles. The molecule has 5 heterocycles. The maximum absolute atomic E-state index is 12.3. The normalized spacial score (nSPS) is 13.3. The molecule has 208 valence electrons. The highest BCUT2D eigenvalue weighted by molar-refractivity contribution is 7.13. The van der Waals surface area contributed by atoms with E-state index in [1.165, 1.54) is 11.3 Å². The van der Waals surface area contributed by atoms with Crippen molar-refractivity contribution in [3.05, 3.63) is 66.0 Å². The van der Waals surface area contributed by atoms with Crippen LogP contribution in [0.4, 0.5) is 16.4 Å². The lowest BCUT2D eigenvalue weighted by atomic mass is 10.0. The van der Waals surface area contributed by atoms with E-state index in [2.05, 4.69) is 30.7 Å². The third kappa shape index (κ3) is 5.93. The lowest BCUT2D eigenvalue weighted by molar-refractivity contribution is 0.122. The zero-order chi connectivity index (χ0) is 28.2. The van der Waals surface area contributed by atoms with Crippen LogP contribution in [0.2, 0.25) is 0 Å². The lowest BCUT2D eigenvalue weighted by Crippen LogP contribution is -2.36. The Kier molecular flexibility index (Phi) is 7.65. The summed E-state index contributed by atoms with van der Waals surface area (Å²) in [5.41, 5.74) is 4.97. The summed E-state index contributed by atoms with van der Waals surface area (Å²) >= 11 is 1.53. The van der Waals surface area contributed by atoms with Gasteiger partial charge in [-0.1, -0.05) is 30.3 Å². The highest BCUT2D eigenvalue weighted by Crippen LogP contribution is 2.39. The van der Waals surface area contributed by atoms with Crippen molar-refractivity contribution in [1.29, 1.82) is 0 Å². The highest BCUT2D eigenvalue weighted by Gasteiger charge is 2.21. The largest absolute Gasteiger partial charge is 0.420 e. The number of benzene rings is 1. The number of urea groups is 1. The third-order valence-corrected chi connectivity index (χ3v) is 7.37. The fraction of sp³-hybridized carbons (Fsp3) is 0.241. The van der Waals surface area contributed by atoms with Gasteiger partial charge in [-0.15, -0.1) is 21.5 Å². The minimum absolute atomic E-state index is 0.324. The summed E-state index contributed by atoms with van der Waals surface area (Å²) in [6.07, 6.45) is 1.75. The van der Waals surface area contributed by atoms with Gasteiger partial charge in [-0.25, -0.2) is 19.7 Å². The Morgan fingerprint density at radius 3 is 2.59 bits per heavy atom. The van der Waals surface area contributed by atoms with Crippen molar-refractivity contribution in [1.82, 2.24) is 30.5 Å². The van der Waals surface area contributed by atoms with E-state index >= 15 is 0 Å². The topological polar surface area (TPSA) is 131 Å². The molecule has 2 N–H and O–H groups in total. The Hall–Kier alpha value is -4.68. The van der Waals surface area contributed by atoms with Crippen LogP contribution in [0.25, 0.3) is 44.5 Å². The first-order chi connectivity index (χ1) is 20.1. The van der Waals surface area contributed by atoms with Crippen LogP contribution in [0.5, 0.6) is 0 Å². The second-order valence-corrected chi connectivity index (χ2v) is 10.2. The summed E-state index contributed by atoms with van der Waals surface area (Å²) in [6.45, 7) is 6.78. The van der Waals surface area contributed by atoms with E-state index in [-0.39, 0.29) is 6.03 Å². The smallest absolute Gasteiger partial charge is 0.320 e. The molecule has 0 radical (unpaired) electrons. The Bertz CT molecular complexity index is 1660. The number of morpholine rings is 1. The van der Waals surface area contributed by atoms with Crippen LogP contribution in [0, 0.1) is 6.92 Å². The summed E-state index contributed by atoms with van der Waals surface area (Å²) in [6, 6.07) is 15.5. The van der Waals surface area contributed by atoms with E-state index in [1.54, 1.807) is 13.1 Å². The zero-order valence-corrected chi connectivity index (χ0v) is 23.4. The molecule has 41 heavy (non-hydrogen) atoms. The van der Waals surface area contributed by atoms with Crippen LogP contribution in [-0.4, -0.2) is 64.0 Å². The van der Waals surface area contributed by atoms with Crippen molar-refractivity contribution >= 4 is 29.0 Å². The quantitative estimate of drug-likeness (QED) is 0.269. The maximum atomic E-state index is 12.3. The summed E-state index contributed by atoms with van der Waals surface area (Å²) in [4.78, 5) is 28.9. The van der Waals surface area contributed by atoms with Crippen LogP contribution in [0.3, 0.4) is 0 Å². The number of carbonyl (C=O) groups excluding carboxylic acids is 1. The van der Waals surface area contributed by atoms with Crippen LogP contribution >= 0.6 is 11.3 Å².